The Hall–Kier alpha value is -1.79. The molecule has 16 heavy (non-hydrogen) atoms. The monoisotopic (exact) mass is 234 g/mol. The molecule has 1 heterocycles. The number of halogens is 4. The Balaban J connectivity index is 2.50. The second kappa shape index (κ2) is 3.36. The summed E-state index contributed by atoms with van der Waals surface area (Å²) in [5, 5.41) is 3.85. The lowest BCUT2D eigenvalue weighted by Crippen LogP contribution is -2.44. The predicted octanol–water partition coefficient (Wildman–Crippen LogP) is 2.56. The van der Waals surface area contributed by atoms with Crippen molar-refractivity contribution in [1.82, 2.24) is 5.32 Å². The average molecular weight is 234 g/mol. The molecule has 1 aromatic carbocycles. The molecule has 2 N–H and O–H groups in total. The van der Waals surface area contributed by atoms with E-state index >= 15 is 0 Å². The van der Waals surface area contributed by atoms with Crippen LogP contribution in [0, 0.1) is 5.82 Å². The lowest BCUT2D eigenvalue weighted by Gasteiger charge is -2.28. The van der Waals surface area contributed by atoms with E-state index in [9.17, 15) is 22.4 Å². The van der Waals surface area contributed by atoms with E-state index in [4.69, 9.17) is 0 Å². The molecule has 2 amide bonds. The Morgan fingerprint density at radius 2 is 1.94 bits per heavy atom. The summed E-state index contributed by atoms with van der Waals surface area (Å²) >= 11 is 0. The van der Waals surface area contributed by atoms with Crippen LogP contribution in [0.5, 0.6) is 0 Å². The van der Waals surface area contributed by atoms with E-state index in [-0.39, 0.29) is 11.3 Å². The molecule has 0 bridgehead atoms. The molecule has 1 aliphatic heterocycles. The van der Waals surface area contributed by atoms with Gasteiger partial charge in [0.2, 0.25) is 0 Å². The van der Waals surface area contributed by atoms with Gasteiger partial charge in [0.25, 0.3) is 0 Å². The van der Waals surface area contributed by atoms with E-state index in [1.807, 2.05) is 0 Å². The quantitative estimate of drug-likeness (QED) is 0.665. The lowest BCUT2D eigenvalue weighted by molar-refractivity contribution is -0.155. The minimum absolute atomic E-state index is 0.161. The van der Waals surface area contributed by atoms with Gasteiger partial charge in [0.15, 0.2) is 6.04 Å². The first kappa shape index (κ1) is 10.7. The SMILES string of the molecule is O=C1Nc2cc(F)ccc2C(C(F)(F)F)N1. The third-order valence-corrected chi connectivity index (χ3v) is 2.18. The number of hydrogen-bond donors (Lipinski definition) is 2. The minimum Gasteiger partial charge on any atom is -0.322 e. The van der Waals surface area contributed by atoms with Crippen molar-refractivity contribution < 1.29 is 22.4 Å². The Bertz CT molecular complexity index is 444. The van der Waals surface area contributed by atoms with Crippen molar-refractivity contribution in [3.05, 3.63) is 29.6 Å². The topological polar surface area (TPSA) is 41.1 Å². The molecule has 0 radical (unpaired) electrons. The number of anilines is 1. The van der Waals surface area contributed by atoms with E-state index in [1.165, 1.54) is 0 Å². The maximum Gasteiger partial charge on any atom is 0.413 e. The zero-order valence-electron chi connectivity index (χ0n) is 7.73. The molecule has 0 fully saturated rings. The van der Waals surface area contributed by atoms with Crippen LogP contribution in [0.1, 0.15) is 11.6 Å². The number of urea groups is 1. The molecule has 0 saturated carbocycles. The molecule has 0 spiro atoms. The number of amides is 2. The van der Waals surface area contributed by atoms with Gasteiger partial charge in [-0.25, -0.2) is 9.18 Å². The van der Waals surface area contributed by atoms with E-state index in [0.29, 0.717) is 0 Å². The van der Waals surface area contributed by atoms with Crippen molar-refractivity contribution >= 4 is 11.7 Å². The van der Waals surface area contributed by atoms with Gasteiger partial charge in [-0.1, -0.05) is 6.07 Å². The molecule has 7 heteroatoms. The number of hydrogen-bond acceptors (Lipinski definition) is 1. The number of carbonyl (C=O) groups is 1. The van der Waals surface area contributed by atoms with Gasteiger partial charge in [0, 0.05) is 5.56 Å². The van der Waals surface area contributed by atoms with Gasteiger partial charge in [0.05, 0.1) is 5.69 Å². The number of carbonyl (C=O) groups excluding carboxylic acids is 1. The van der Waals surface area contributed by atoms with Gasteiger partial charge >= 0.3 is 12.2 Å². The Labute approximate surface area is 87.4 Å². The van der Waals surface area contributed by atoms with Crippen LogP contribution in [0.15, 0.2) is 18.2 Å². The van der Waals surface area contributed by atoms with Crippen LogP contribution in [0.4, 0.5) is 28.0 Å². The molecule has 1 atom stereocenters. The summed E-state index contributed by atoms with van der Waals surface area (Å²) in [6.45, 7) is 0. The molecular formula is C9H6F4N2O. The summed E-state index contributed by atoms with van der Waals surface area (Å²) in [6, 6.07) is -0.337. The van der Waals surface area contributed by atoms with Crippen LogP contribution >= 0.6 is 0 Å². The van der Waals surface area contributed by atoms with Gasteiger partial charge in [-0.3, -0.25) is 0 Å². The zero-order valence-corrected chi connectivity index (χ0v) is 7.73. The molecule has 2 rings (SSSR count). The van der Waals surface area contributed by atoms with Gasteiger partial charge in [-0.15, -0.1) is 0 Å². The van der Waals surface area contributed by atoms with Crippen LogP contribution in [-0.4, -0.2) is 12.2 Å². The molecule has 1 aromatic rings. The standard InChI is InChI=1S/C9H6F4N2O/c10-4-1-2-5-6(3-4)14-8(16)15-7(5)9(11,12)13/h1-3,7H,(H2,14,15,16). The number of nitrogens with one attached hydrogen (secondary N) is 2. The Morgan fingerprint density at radius 1 is 1.25 bits per heavy atom. The molecule has 86 valence electrons. The highest BCUT2D eigenvalue weighted by Gasteiger charge is 2.45. The van der Waals surface area contributed by atoms with Gasteiger partial charge in [-0.05, 0) is 12.1 Å². The zero-order chi connectivity index (χ0) is 11.9. The van der Waals surface area contributed by atoms with Crippen LogP contribution < -0.4 is 10.6 Å². The molecule has 0 aliphatic carbocycles. The molecule has 3 nitrogen and oxygen atoms in total. The smallest absolute Gasteiger partial charge is 0.322 e. The van der Waals surface area contributed by atoms with Crippen molar-refractivity contribution in [2.24, 2.45) is 0 Å². The first-order chi connectivity index (χ1) is 7.38. The maximum absolute atomic E-state index is 12.8. The first-order valence-electron chi connectivity index (χ1n) is 4.31. The fourth-order valence-electron chi connectivity index (χ4n) is 1.51. The summed E-state index contributed by atoms with van der Waals surface area (Å²) in [5.41, 5.74) is -0.362. The highest BCUT2D eigenvalue weighted by Crippen LogP contribution is 2.38. The van der Waals surface area contributed by atoms with Crippen molar-refractivity contribution in [1.29, 1.82) is 0 Å². The van der Waals surface area contributed by atoms with Crippen LogP contribution in [0.3, 0.4) is 0 Å². The van der Waals surface area contributed by atoms with Crippen LogP contribution in [0.25, 0.3) is 0 Å². The summed E-state index contributed by atoms with van der Waals surface area (Å²) in [4.78, 5) is 10.9. The third-order valence-electron chi connectivity index (χ3n) is 2.18. The second-order valence-electron chi connectivity index (χ2n) is 3.30. The Kier molecular flexibility index (Phi) is 2.25. The van der Waals surface area contributed by atoms with Crippen molar-refractivity contribution in [3.63, 3.8) is 0 Å². The molecule has 0 aromatic heterocycles. The summed E-state index contributed by atoms with van der Waals surface area (Å²) < 4.78 is 50.5. The minimum atomic E-state index is -4.61. The normalized spacial score (nSPS) is 19.8. The second-order valence-corrected chi connectivity index (χ2v) is 3.30. The fraction of sp³-hybridized carbons (Fsp3) is 0.222. The fourth-order valence-corrected chi connectivity index (χ4v) is 1.51. The summed E-state index contributed by atoms with van der Waals surface area (Å²) in [6.07, 6.45) is -4.61. The van der Waals surface area contributed by atoms with Crippen molar-refractivity contribution in [3.8, 4) is 0 Å². The summed E-state index contributed by atoms with van der Waals surface area (Å²) in [7, 11) is 0. The third kappa shape index (κ3) is 1.80. The number of rotatable bonds is 0. The highest BCUT2D eigenvalue weighted by molar-refractivity contribution is 5.93. The lowest BCUT2D eigenvalue weighted by atomic mass is 10.0. The molecule has 0 saturated heterocycles. The van der Waals surface area contributed by atoms with E-state index in [2.05, 4.69) is 5.32 Å². The van der Waals surface area contributed by atoms with E-state index in [1.54, 1.807) is 5.32 Å². The van der Waals surface area contributed by atoms with E-state index in [0.717, 1.165) is 18.2 Å². The Morgan fingerprint density at radius 3 is 2.56 bits per heavy atom. The molecular weight excluding hydrogens is 228 g/mol. The average Bonchev–Trinajstić information content (AvgIpc) is 2.14. The van der Waals surface area contributed by atoms with E-state index < -0.39 is 24.1 Å². The predicted molar refractivity (Wildman–Crippen MR) is 47.4 cm³/mol. The highest BCUT2D eigenvalue weighted by atomic mass is 19.4. The molecule has 1 aliphatic rings. The maximum atomic E-state index is 12.8. The largest absolute Gasteiger partial charge is 0.413 e. The van der Waals surface area contributed by atoms with Crippen molar-refractivity contribution in [2.45, 2.75) is 12.2 Å². The number of benzene rings is 1. The van der Waals surface area contributed by atoms with Crippen LogP contribution in [-0.2, 0) is 0 Å². The number of fused-ring (bicyclic) bond motifs is 1. The van der Waals surface area contributed by atoms with Crippen LogP contribution in [0.2, 0.25) is 0 Å². The summed E-state index contributed by atoms with van der Waals surface area (Å²) in [5.74, 6) is -0.707. The van der Waals surface area contributed by atoms with Crippen molar-refractivity contribution in [2.75, 3.05) is 5.32 Å². The van der Waals surface area contributed by atoms with Gasteiger partial charge in [0.1, 0.15) is 5.82 Å². The number of alkyl halides is 3. The van der Waals surface area contributed by atoms with Gasteiger partial charge in [-0.2, -0.15) is 13.2 Å². The first-order valence-corrected chi connectivity index (χ1v) is 4.31. The molecule has 1 unspecified atom stereocenters. The van der Waals surface area contributed by atoms with Gasteiger partial charge < -0.3 is 10.6 Å².